The lowest BCUT2D eigenvalue weighted by molar-refractivity contribution is 0.708. The summed E-state index contributed by atoms with van der Waals surface area (Å²) in [6.07, 6.45) is 3.59. The Labute approximate surface area is 130 Å². The van der Waals surface area contributed by atoms with Crippen molar-refractivity contribution in [2.45, 2.75) is 51.7 Å². The molecule has 1 aliphatic heterocycles. The first-order chi connectivity index (χ1) is 10.7. The van der Waals surface area contributed by atoms with Gasteiger partial charge in [0.1, 0.15) is 5.82 Å². The number of rotatable bonds is 4. The molecule has 5 nitrogen and oxygen atoms in total. The summed E-state index contributed by atoms with van der Waals surface area (Å²) in [6.45, 7) is 5.97. The number of benzene rings is 1. The zero-order chi connectivity index (χ0) is 15.1. The topological polar surface area (TPSA) is 54.2 Å². The second-order valence-corrected chi connectivity index (χ2v) is 6.39. The Balaban J connectivity index is 1.56. The molecule has 4 rings (SSSR count). The first-order valence-electron chi connectivity index (χ1n) is 8.29. The van der Waals surface area contributed by atoms with Gasteiger partial charge in [0.25, 0.3) is 0 Å². The maximum atomic E-state index is 4.83. The van der Waals surface area contributed by atoms with E-state index in [1.165, 1.54) is 29.7 Å². The molecule has 1 saturated carbocycles. The molecule has 2 N–H and O–H groups in total. The number of hydrogen-bond donors (Lipinski definition) is 2. The summed E-state index contributed by atoms with van der Waals surface area (Å²) in [4.78, 5) is 9.27. The highest BCUT2D eigenvalue weighted by Gasteiger charge is 2.27. The fraction of sp³-hybridized carbons (Fsp3) is 0.529. The van der Waals surface area contributed by atoms with Crippen molar-refractivity contribution in [1.82, 2.24) is 20.2 Å². The number of aliphatic imine (C=N–C) groups is 1. The number of nitrogens with one attached hydrogen (secondary N) is 2. The molecule has 2 heterocycles. The Morgan fingerprint density at radius 2 is 2.23 bits per heavy atom. The van der Waals surface area contributed by atoms with Crippen LogP contribution in [0.4, 0.5) is 0 Å². The number of nitrogens with zero attached hydrogens (tertiary/aromatic N) is 3. The Hall–Kier alpha value is -2.04. The molecule has 1 unspecified atom stereocenters. The van der Waals surface area contributed by atoms with Crippen molar-refractivity contribution in [3.63, 3.8) is 0 Å². The molecule has 1 aromatic heterocycles. The Kier molecular flexibility index (Phi) is 3.28. The SMILES string of the molecule is CCc1nc2cc(CNC3=NCC(C)N3)ccc2n1C1CC1. The average molecular weight is 297 g/mol. The zero-order valence-electron chi connectivity index (χ0n) is 13.3. The van der Waals surface area contributed by atoms with E-state index in [2.05, 4.69) is 52.2 Å². The molecule has 5 heteroatoms. The molecule has 1 atom stereocenters. The van der Waals surface area contributed by atoms with Gasteiger partial charge in [0.2, 0.25) is 0 Å². The fourth-order valence-corrected chi connectivity index (χ4v) is 3.14. The lowest BCUT2D eigenvalue weighted by Crippen LogP contribution is -2.37. The Morgan fingerprint density at radius 1 is 1.36 bits per heavy atom. The molecule has 0 bridgehead atoms. The maximum Gasteiger partial charge on any atom is 0.191 e. The summed E-state index contributed by atoms with van der Waals surface area (Å²) >= 11 is 0. The number of hydrogen-bond acceptors (Lipinski definition) is 4. The molecule has 0 saturated heterocycles. The number of imidazole rings is 1. The molecule has 0 radical (unpaired) electrons. The standard InChI is InChI=1S/C17H23N5/c1-3-16-21-14-8-12(10-19-17-18-9-11(2)20-17)4-7-15(14)22(16)13-5-6-13/h4,7-8,11,13H,3,5-6,9-10H2,1-2H3,(H2,18,19,20). The van der Waals surface area contributed by atoms with E-state index < -0.39 is 0 Å². The lowest BCUT2D eigenvalue weighted by atomic mass is 10.2. The van der Waals surface area contributed by atoms with Gasteiger partial charge in [-0.15, -0.1) is 0 Å². The van der Waals surface area contributed by atoms with Crippen molar-refractivity contribution in [3.05, 3.63) is 29.6 Å². The monoisotopic (exact) mass is 297 g/mol. The highest BCUT2D eigenvalue weighted by Crippen LogP contribution is 2.38. The van der Waals surface area contributed by atoms with E-state index in [-0.39, 0.29) is 0 Å². The van der Waals surface area contributed by atoms with E-state index in [9.17, 15) is 0 Å². The number of guanidine groups is 1. The van der Waals surface area contributed by atoms with E-state index in [0.717, 1.165) is 31.0 Å². The van der Waals surface area contributed by atoms with Crippen LogP contribution in [0.25, 0.3) is 11.0 Å². The summed E-state index contributed by atoms with van der Waals surface area (Å²) in [5.74, 6) is 2.13. The third kappa shape index (κ3) is 2.45. The predicted molar refractivity (Wildman–Crippen MR) is 89.1 cm³/mol. The van der Waals surface area contributed by atoms with Crippen molar-refractivity contribution in [1.29, 1.82) is 0 Å². The summed E-state index contributed by atoms with van der Waals surface area (Å²) < 4.78 is 2.44. The predicted octanol–water partition coefficient (Wildman–Crippen LogP) is 2.37. The van der Waals surface area contributed by atoms with Gasteiger partial charge in [-0.2, -0.15) is 0 Å². The summed E-state index contributed by atoms with van der Waals surface area (Å²) in [5, 5.41) is 6.69. The number of fused-ring (bicyclic) bond motifs is 1. The van der Waals surface area contributed by atoms with Crippen LogP contribution in [0.1, 0.15) is 44.1 Å². The van der Waals surface area contributed by atoms with Crippen molar-refractivity contribution < 1.29 is 0 Å². The molecular weight excluding hydrogens is 274 g/mol. The summed E-state index contributed by atoms with van der Waals surface area (Å²) in [5.41, 5.74) is 3.66. The van der Waals surface area contributed by atoms with E-state index >= 15 is 0 Å². The number of aromatic nitrogens is 2. The second-order valence-electron chi connectivity index (χ2n) is 6.39. The molecule has 2 aliphatic rings. The van der Waals surface area contributed by atoms with Gasteiger partial charge in [-0.1, -0.05) is 13.0 Å². The molecular formula is C17H23N5. The Bertz CT molecular complexity index is 726. The fourth-order valence-electron chi connectivity index (χ4n) is 3.14. The van der Waals surface area contributed by atoms with Crippen LogP contribution in [0.3, 0.4) is 0 Å². The first-order valence-corrected chi connectivity index (χ1v) is 8.29. The highest BCUT2D eigenvalue weighted by atomic mass is 15.2. The van der Waals surface area contributed by atoms with E-state index in [1.807, 2.05) is 0 Å². The van der Waals surface area contributed by atoms with Crippen LogP contribution in [-0.2, 0) is 13.0 Å². The van der Waals surface area contributed by atoms with Crippen LogP contribution in [0.15, 0.2) is 23.2 Å². The van der Waals surface area contributed by atoms with Gasteiger partial charge in [0.05, 0.1) is 17.6 Å². The van der Waals surface area contributed by atoms with Crippen molar-refractivity contribution in [3.8, 4) is 0 Å². The minimum Gasteiger partial charge on any atom is -0.352 e. The minimum absolute atomic E-state index is 0.436. The van der Waals surface area contributed by atoms with Crippen LogP contribution in [0.2, 0.25) is 0 Å². The van der Waals surface area contributed by atoms with Gasteiger partial charge in [-0.3, -0.25) is 4.99 Å². The highest BCUT2D eigenvalue weighted by molar-refractivity contribution is 5.82. The maximum absolute atomic E-state index is 4.83. The van der Waals surface area contributed by atoms with Crippen LogP contribution in [-0.4, -0.2) is 28.1 Å². The quantitative estimate of drug-likeness (QED) is 0.911. The van der Waals surface area contributed by atoms with Gasteiger partial charge in [0, 0.05) is 25.0 Å². The smallest absolute Gasteiger partial charge is 0.191 e. The van der Waals surface area contributed by atoms with Gasteiger partial charge in [-0.05, 0) is 37.5 Å². The van der Waals surface area contributed by atoms with Crippen molar-refractivity contribution >= 4 is 17.0 Å². The van der Waals surface area contributed by atoms with Crippen molar-refractivity contribution in [2.75, 3.05) is 6.54 Å². The van der Waals surface area contributed by atoms with Gasteiger partial charge in [0.15, 0.2) is 5.96 Å². The van der Waals surface area contributed by atoms with Gasteiger partial charge < -0.3 is 15.2 Å². The third-order valence-corrected chi connectivity index (χ3v) is 4.42. The van der Waals surface area contributed by atoms with Crippen LogP contribution in [0, 0.1) is 0 Å². The van der Waals surface area contributed by atoms with E-state index in [4.69, 9.17) is 4.98 Å². The molecule has 116 valence electrons. The molecule has 0 spiro atoms. The molecule has 22 heavy (non-hydrogen) atoms. The van der Waals surface area contributed by atoms with Crippen LogP contribution in [0.5, 0.6) is 0 Å². The summed E-state index contributed by atoms with van der Waals surface area (Å²) in [6, 6.07) is 7.76. The molecule has 2 aromatic rings. The first kappa shape index (κ1) is 13.6. The molecule has 1 aromatic carbocycles. The summed E-state index contributed by atoms with van der Waals surface area (Å²) in [7, 11) is 0. The average Bonchev–Trinajstić information content (AvgIpc) is 3.17. The Morgan fingerprint density at radius 3 is 2.91 bits per heavy atom. The van der Waals surface area contributed by atoms with E-state index in [1.54, 1.807) is 0 Å². The molecule has 0 amide bonds. The number of aryl methyl sites for hydroxylation is 1. The van der Waals surface area contributed by atoms with Crippen molar-refractivity contribution in [2.24, 2.45) is 4.99 Å². The third-order valence-electron chi connectivity index (χ3n) is 4.42. The zero-order valence-corrected chi connectivity index (χ0v) is 13.3. The van der Waals surface area contributed by atoms with E-state index in [0.29, 0.717) is 12.1 Å². The molecule has 1 aliphatic carbocycles. The normalized spacial score (nSPS) is 21.0. The van der Waals surface area contributed by atoms with Crippen LogP contribution >= 0.6 is 0 Å². The van der Waals surface area contributed by atoms with Gasteiger partial charge >= 0.3 is 0 Å². The second kappa shape index (κ2) is 5.30. The largest absolute Gasteiger partial charge is 0.352 e. The van der Waals surface area contributed by atoms with Gasteiger partial charge in [-0.25, -0.2) is 4.98 Å². The minimum atomic E-state index is 0.436. The molecule has 1 fully saturated rings. The lowest BCUT2D eigenvalue weighted by Gasteiger charge is -2.09. The van der Waals surface area contributed by atoms with Crippen LogP contribution < -0.4 is 10.6 Å².